The van der Waals surface area contributed by atoms with Crippen LogP contribution in [0.15, 0.2) is 24.3 Å². The van der Waals surface area contributed by atoms with Gasteiger partial charge in [0.15, 0.2) is 10.6 Å². The molecule has 2 aliphatic rings. The lowest BCUT2D eigenvalue weighted by atomic mass is 9.96. The quantitative estimate of drug-likeness (QED) is 0.790. The highest BCUT2D eigenvalue weighted by atomic mass is 32.1. The minimum Gasteiger partial charge on any atom is -0.490 e. The van der Waals surface area contributed by atoms with Crippen LogP contribution in [0.4, 0.5) is 0 Å². The van der Waals surface area contributed by atoms with Crippen LogP contribution < -0.4 is 10.1 Å². The molecule has 2 aromatic rings. The Hall–Kier alpha value is -2.15. The molecule has 1 heterocycles. The van der Waals surface area contributed by atoms with Gasteiger partial charge in [0.25, 0.3) is 5.91 Å². The molecular weight excluding hydrogens is 324 g/mol. The van der Waals surface area contributed by atoms with Crippen molar-refractivity contribution in [2.24, 2.45) is 0 Å². The van der Waals surface area contributed by atoms with Crippen molar-refractivity contribution in [1.29, 1.82) is 0 Å². The number of H-pyrrole nitrogens is 1. The lowest BCUT2D eigenvalue weighted by Gasteiger charge is -2.26. The molecule has 0 bridgehead atoms. The van der Waals surface area contributed by atoms with Crippen molar-refractivity contribution in [3.8, 4) is 5.75 Å². The van der Waals surface area contributed by atoms with Crippen molar-refractivity contribution in [3.05, 3.63) is 40.4 Å². The number of nitrogens with one attached hydrogen (secondary N) is 2. The maximum atomic E-state index is 12.3. The molecule has 2 fully saturated rings. The van der Waals surface area contributed by atoms with Crippen molar-refractivity contribution >= 4 is 18.1 Å². The first-order chi connectivity index (χ1) is 11.7. The largest absolute Gasteiger partial charge is 0.490 e. The Morgan fingerprint density at radius 2 is 2.04 bits per heavy atom. The molecule has 0 atom stereocenters. The Morgan fingerprint density at radius 3 is 2.67 bits per heavy atom. The van der Waals surface area contributed by atoms with Crippen LogP contribution in [0.25, 0.3) is 0 Å². The van der Waals surface area contributed by atoms with Gasteiger partial charge in [0.1, 0.15) is 5.75 Å². The number of benzene rings is 1. The molecule has 0 unspecified atom stereocenters. The van der Waals surface area contributed by atoms with E-state index in [1.807, 2.05) is 16.7 Å². The summed E-state index contributed by atoms with van der Waals surface area (Å²) in [4.78, 5) is 12.3. The highest BCUT2D eigenvalue weighted by Gasteiger charge is 2.27. The van der Waals surface area contributed by atoms with E-state index >= 15 is 0 Å². The number of carbonyl (C=O) groups excluding carboxylic acids is 1. The second-order valence-corrected chi connectivity index (χ2v) is 6.81. The van der Waals surface area contributed by atoms with E-state index in [4.69, 9.17) is 17.0 Å². The zero-order valence-corrected chi connectivity index (χ0v) is 14.1. The van der Waals surface area contributed by atoms with Crippen LogP contribution in [0.5, 0.6) is 5.75 Å². The van der Waals surface area contributed by atoms with E-state index in [0.29, 0.717) is 29.0 Å². The number of hydrogen-bond donors (Lipinski definition) is 2. The van der Waals surface area contributed by atoms with E-state index in [2.05, 4.69) is 15.5 Å². The Labute approximate surface area is 145 Å². The lowest BCUT2D eigenvalue weighted by Crippen LogP contribution is -2.25. The fraction of sp³-hybridized carbons (Fsp3) is 0.471. The Bertz CT molecular complexity index is 788. The number of rotatable bonds is 6. The van der Waals surface area contributed by atoms with E-state index in [0.717, 1.165) is 37.3 Å². The molecule has 4 rings (SSSR count). The minimum atomic E-state index is -0.124. The summed E-state index contributed by atoms with van der Waals surface area (Å²) in [5.74, 6) is 1.48. The smallest absolute Gasteiger partial charge is 0.251 e. The third kappa shape index (κ3) is 3.21. The van der Waals surface area contributed by atoms with Gasteiger partial charge in [-0.1, -0.05) is 0 Å². The molecule has 2 aliphatic carbocycles. The summed E-state index contributed by atoms with van der Waals surface area (Å²) < 4.78 is 8.43. The third-order valence-corrected chi connectivity index (χ3v) is 4.86. The average Bonchev–Trinajstić information content (AvgIpc) is 3.32. The molecule has 0 aliphatic heterocycles. The van der Waals surface area contributed by atoms with E-state index in [-0.39, 0.29) is 5.91 Å². The highest BCUT2D eigenvalue weighted by Crippen LogP contribution is 2.35. The average molecular weight is 344 g/mol. The van der Waals surface area contributed by atoms with Gasteiger partial charge in [-0.3, -0.25) is 14.5 Å². The molecule has 1 amide bonds. The summed E-state index contributed by atoms with van der Waals surface area (Å²) in [5, 5.41) is 9.93. The first kappa shape index (κ1) is 15.4. The maximum Gasteiger partial charge on any atom is 0.251 e. The minimum absolute atomic E-state index is 0.124. The van der Waals surface area contributed by atoms with Crippen molar-refractivity contribution in [1.82, 2.24) is 20.1 Å². The summed E-state index contributed by atoms with van der Waals surface area (Å²) in [6.07, 6.45) is 6.07. The van der Waals surface area contributed by atoms with Gasteiger partial charge >= 0.3 is 0 Å². The molecule has 126 valence electrons. The van der Waals surface area contributed by atoms with Crippen LogP contribution in [0.1, 0.15) is 54.3 Å². The number of carbonyl (C=O) groups is 1. The fourth-order valence-corrected chi connectivity index (χ4v) is 3.10. The third-order valence-electron chi connectivity index (χ3n) is 4.57. The molecule has 2 saturated carbocycles. The number of amides is 1. The molecule has 1 aromatic heterocycles. The number of aromatic nitrogens is 3. The standard InChI is InChI=1S/C17H20N4O2S/c22-16(11-4-8-14(9-5-11)23-13-2-1-3-13)18-10-15-19-20-17(24)21(15)12-6-7-12/h4-5,8-9,12-13H,1-3,6-7,10H2,(H,18,22)(H,20,24). The van der Waals surface area contributed by atoms with E-state index in [9.17, 15) is 4.79 Å². The highest BCUT2D eigenvalue weighted by molar-refractivity contribution is 7.71. The van der Waals surface area contributed by atoms with Gasteiger partial charge in [-0.25, -0.2) is 0 Å². The monoisotopic (exact) mass is 344 g/mol. The molecule has 2 N–H and O–H groups in total. The fourth-order valence-electron chi connectivity index (χ4n) is 2.80. The molecule has 0 spiro atoms. The zero-order chi connectivity index (χ0) is 16.5. The van der Waals surface area contributed by atoms with Gasteiger partial charge in [-0.05, 0) is 68.6 Å². The summed E-state index contributed by atoms with van der Waals surface area (Å²) >= 11 is 5.24. The van der Waals surface area contributed by atoms with Crippen LogP contribution in [0.2, 0.25) is 0 Å². The predicted molar refractivity (Wildman–Crippen MR) is 91.6 cm³/mol. The van der Waals surface area contributed by atoms with E-state index in [1.54, 1.807) is 12.1 Å². The van der Waals surface area contributed by atoms with E-state index < -0.39 is 0 Å². The first-order valence-corrected chi connectivity index (χ1v) is 8.82. The summed E-state index contributed by atoms with van der Waals surface area (Å²) in [7, 11) is 0. The molecule has 24 heavy (non-hydrogen) atoms. The first-order valence-electron chi connectivity index (χ1n) is 8.41. The Morgan fingerprint density at radius 1 is 1.29 bits per heavy atom. The number of aromatic amines is 1. The van der Waals surface area contributed by atoms with Crippen molar-refractivity contribution in [3.63, 3.8) is 0 Å². The summed E-state index contributed by atoms with van der Waals surface area (Å²) in [5.41, 5.74) is 0.614. The SMILES string of the molecule is O=C(NCc1n[nH]c(=S)n1C1CC1)c1ccc(OC2CCC2)cc1. The maximum absolute atomic E-state index is 12.3. The predicted octanol–water partition coefficient (Wildman–Crippen LogP) is 3.14. The topological polar surface area (TPSA) is 71.9 Å². The second kappa shape index (κ2) is 6.39. The Kier molecular flexibility index (Phi) is 4.10. The summed E-state index contributed by atoms with van der Waals surface area (Å²) in [6.45, 7) is 0.364. The molecule has 0 saturated heterocycles. The van der Waals surface area contributed by atoms with Gasteiger partial charge in [0.05, 0.1) is 12.6 Å². The van der Waals surface area contributed by atoms with Gasteiger partial charge in [-0.2, -0.15) is 5.10 Å². The molecule has 6 nitrogen and oxygen atoms in total. The Balaban J connectivity index is 1.36. The van der Waals surface area contributed by atoms with Gasteiger partial charge in [-0.15, -0.1) is 0 Å². The molecule has 7 heteroatoms. The van der Waals surface area contributed by atoms with Gasteiger partial charge < -0.3 is 10.1 Å². The normalized spacial score (nSPS) is 17.3. The number of nitrogens with zero attached hydrogens (tertiary/aromatic N) is 2. The zero-order valence-electron chi connectivity index (χ0n) is 13.3. The second-order valence-electron chi connectivity index (χ2n) is 6.42. The van der Waals surface area contributed by atoms with Crippen molar-refractivity contribution < 1.29 is 9.53 Å². The number of ether oxygens (including phenoxy) is 1. The molecule has 1 aromatic carbocycles. The summed E-state index contributed by atoms with van der Waals surface area (Å²) in [6, 6.07) is 7.73. The van der Waals surface area contributed by atoms with Crippen LogP contribution in [-0.2, 0) is 6.54 Å². The van der Waals surface area contributed by atoms with Gasteiger partial charge in [0.2, 0.25) is 0 Å². The van der Waals surface area contributed by atoms with Crippen LogP contribution in [-0.4, -0.2) is 26.8 Å². The van der Waals surface area contributed by atoms with Crippen LogP contribution in [0, 0.1) is 4.77 Å². The van der Waals surface area contributed by atoms with Crippen molar-refractivity contribution in [2.75, 3.05) is 0 Å². The van der Waals surface area contributed by atoms with E-state index in [1.165, 1.54) is 6.42 Å². The lowest BCUT2D eigenvalue weighted by molar-refractivity contribution is 0.0949. The molecular formula is C17H20N4O2S. The molecule has 0 radical (unpaired) electrons. The van der Waals surface area contributed by atoms with Gasteiger partial charge in [0, 0.05) is 11.6 Å². The van der Waals surface area contributed by atoms with Crippen LogP contribution >= 0.6 is 12.2 Å². The number of hydrogen-bond acceptors (Lipinski definition) is 4. The van der Waals surface area contributed by atoms with Crippen molar-refractivity contribution in [2.45, 2.75) is 50.8 Å². The van der Waals surface area contributed by atoms with Crippen LogP contribution in [0.3, 0.4) is 0 Å².